The first-order valence-electron chi connectivity index (χ1n) is 11.6. The number of carbonyl (C=O) groups excluding carboxylic acids is 2. The molecule has 2 heterocycles. The molecule has 0 saturated carbocycles. The summed E-state index contributed by atoms with van der Waals surface area (Å²) in [5.74, 6) is 1.10. The molecule has 2 aromatic carbocycles. The highest BCUT2D eigenvalue weighted by Gasteiger charge is 2.28. The van der Waals surface area contributed by atoms with E-state index in [9.17, 15) is 9.59 Å². The first-order valence-corrected chi connectivity index (χ1v) is 11.6. The summed E-state index contributed by atoms with van der Waals surface area (Å²) >= 11 is 0. The van der Waals surface area contributed by atoms with Gasteiger partial charge in [-0.05, 0) is 62.4 Å². The highest BCUT2D eigenvalue weighted by atomic mass is 16.6. The summed E-state index contributed by atoms with van der Waals surface area (Å²) in [5, 5.41) is 2.32. The Morgan fingerprint density at radius 3 is 2.61 bits per heavy atom. The Balaban J connectivity index is 1.24. The summed E-state index contributed by atoms with van der Waals surface area (Å²) < 4.78 is 16.4. The van der Waals surface area contributed by atoms with Gasteiger partial charge in [0, 0.05) is 18.7 Å². The zero-order valence-electron chi connectivity index (χ0n) is 19.2. The monoisotopic (exact) mass is 450 g/mol. The van der Waals surface area contributed by atoms with Crippen molar-refractivity contribution in [2.75, 3.05) is 26.3 Å². The second-order valence-corrected chi connectivity index (χ2v) is 8.32. The van der Waals surface area contributed by atoms with E-state index in [1.54, 1.807) is 11.8 Å². The van der Waals surface area contributed by atoms with E-state index in [2.05, 4.69) is 29.2 Å². The van der Waals surface area contributed by atoms with Gasteiger partial charge in [-0.1, -0.05) is 30.3 Å². The fraction of sp³-hybridized carbons (Fsp3) is 0.423. The van der Waals surface area contributed by atoms with Crippen molar-refractivity contribution in [3.8, 4) is 11.5 Å². The number of benzene rings is 2. The van der Waals surface area contributed by atoms with Gasteiger partial charge in [0.2, 0.25) is 5.89 Å². The summed E-state index contributed by atoms with van der Waals surface area (Å²) in [6, 6.07) is 14.4. The number of ether oxygens (including phenoxy) is 2. The number of hydrogen-bond acceptors (Lipinski definition) is 6. The van der Waals surface area contributed by atoms with Gasteiger partial charge in [-0.3, -0.25) is 4.79 Å². The van der Waals surface area contributed by atoms with Crippen molar-refractivity contribution in [1.29, 1.82) is 0 Å². The Kier molecular flexibility index (Phi) is 7.27. The van der Waals surface area contributed by atoms with Crippen LogP contribution in [0, 0.1) is 12.8 Å². The molecule has 0 spiro atoms. The first kappa shape index (κ1) is 22.8. The van der Waals surface area contributed by atoms with E-state index in [-0.39, 0.29) is 18.0 Å². The Bertz CT molecular complexity index is 1110. The van der Waals surface area contributed by atoms with Gasteiger partial charge >= 0.3 is 12.1 Å². The van der Waals surface area contributed by atoms with Crippen molar-refractivity contribution in [1.82, 2.24) is 9.88 Å². The minimum Gasteiger partial charge on any atom is -0.466 e. The SMILES string of the molecule is CCOC(=O)C1CCN(C(=O)OCCCc2nc(-c3ccc4ccccc4c3)oc2C)CC1. The van der Waals surface area contributed by atoms with Crippen molar-refractivity contribution in [3.05, 3.63) is 53.9 Å². The summed E-state index contributed by atoms with van der Waals surface area (Å²) in [4.78, 5) is 30.5. The van der Waals surface area contributed by atoms with Crippen molar-refractivity contribution in [2.24, 2.45) is 5.92 Å². The number of fused-ring (bicyclic) bond motifs is 1. The van der Waals surface area contributed by atoms with Crippen LogP contribution in [-0.2, 0) is 20.7 Å². The number of hydrogen-bond donors (Lipinski definition) is 0. The maximum atomic E-state index is 12.3. The summed E-state index contributed by atoms with van der Waals surface area (Å²) in [6.45, 7) is 5.44. The highest BCUT2D eigenvalue weighted by Crippen LogP contribution is 2.26. The third kappa shape index (κ3) is 5.53. The van der Waals surface area contributed by atoms with Crippen LogP contribution in [0.5, 0.6) is 0 Å². The molecule has 0 atom stereocenters. The quantitative estimate of drug-likeness (QED) is 0.366. The molecular weight excluding hydrogens is 420 g/mol. The van der Waals surface area contributed by atoms with E-state index in [1.807, 2.05) is 25.1 Å². The molecule has 1 aliphatic heterocycles. The summed E-state index contributed by atoms with van der Waals surface area (Å²) in [6.07, 6.45) is 2.23. The molecule has 0 aliphatic carbocycles. The molecule has 4 rings (SSSR count). The maximum absolute atomic E-state index is 12.3. The third-order valence-electron chi connectivity index (χ3n) is 6.05. The van der Waals surface area contributed by atoms with E-state index < -0.39 is 0 Å². The zero-order chi connectivity index (χ0) is 23.2. The molecule has 1 amide bonds. The second-order valence-electron chi connectivity index (χ2n) is 8.32. The molecule has 0 radical (unpaired) electrons. The largest absolute Gasteiger partial charge is 0.466 e. The van der Waals surface area contributed by atoms with Gasteiger partial charge < -0.3 is 18.8 Å². The minimum atomic E-state index is -0.328. The lowest BCUT2D eigenvalue weighted by atomic mass is 9.97. The molecule has 7 heteroatoms. The number of likely N-dealkylation sites (tertiary alicyclic amines) is 1. The Labute approximate surface area is 193 Å². The Morgan fingerprint density at radius 2 is 1.85 bits per heavy atom. The predicted octanol–water partition coefficient (Wildman–Crippen LogP) is 5.15. The zero-order valence-corrected chi connectivity index (χ0v) is 19.2. The molecule has 1 saturated heterocycles. The number of carbonyl (C=O) groups is 2. The molecule has 33 heavy (non-hydrogen) atoms. The lowest BCUT2D eigenvalue weighted by Crippen LogP contribution is -2.41. The van der Waals surface area contributed by atoms with Gasteiger partial charge in [-0.25, -0.2) is 9.78 Å². The normalized spacial score (nSPS) is 14.4. The molecule has 0 bridgehead atoms. The Hall–Kier alpha value is -3.35. The summed E-state index contributed by atoms with van der Waals surface area (Å²) in [7, 11) is 0. The van der Waals surface area contributed by atoms with Crippen LogP contribution >= 0.6 is 0 Å². The van der Waals surface area contributed by atoms with Crippen molar-refractivity contribution in [2.45, 2.75) is 39.5 Å². The molecule has 1 aromatic heterocycles. The average Bonchev–Trinajstić information content (AvgIpc) is 3.22. The first-order chi connectivity index (χ1) is 16.0. The van der Waals surface area contributed by atoms with Crippen LogP contribution in [0.25, 0.3) is 22.2 Å². The van der Waals surface area contributed by atoms with Crippen LogP contribution < -0.4 is 0 Å². The topological polar surface area (TPSA) is 81.9 Å². The standard InChI is InChI=1S/C26H30N2O5/c1-3-31-25(29)20-12-14-28(15-13-20)26(30)32-16-6-9-23-18(2)33-24(27-23)22-11-10-19-7-4-5-8-21(19)17-22/h4-5,7-8,10-11,17,20H,3,6,9,12-16H2,1-2H3. The number of nitrogens with zero attached hydrogens (tertiary/aromatic N) is 2. The van der Waals surface area contributed by atoms with Crippen molar-refractivity contribution < 1.29 is 23.5 Å². The van der Waals surface area contributed by atoms with E-state index in [0.717, 1.165) is 22.4 Å². The smallest absolute Gasteiger partial charge is 0.409 e. The molecule has 7 nitrogen and oxygen atoms in total. The number of esters is 1. The van der Waals surface area contributed by atoms with E-state index in [4.69, 9.17) is 13.9 Å². The summed E-state index contributed by atoms with van der Waals surface area (Å²) in [5.41, 5.74) is 1.82. The number of oxazole rings is 1. The molecule has 1 fully saturated rings. The highest BCUT2D eigenvalue weighted by molar-refractivity contribution is 5.86. The van der Waals surface area contributed by atoms with Gasteiger partial charge in [0.15, 0.2) is 0 Å². The molecular formula is C26H30N2O5. The van der Waals surface area contributed by atoms with E-state index in [1.165, 1.54) is 5.39 Å². The third-order valence-corrected chi connectivity index (χ3v) is 6.05. The number of rotatable bonds is 7. The van der Waals surface area contributed by atoms with Crippen LogP contribution in [0.15, 0.2) is 46.9 Å². The van der Waals surface area contributed by atoms with Gasteiger partial charge in [0.05, 0.1) is 24.8 Å². The molecule has 174 valence electrons. The maximum Gasteiger partial charge on any atom is 0.409 e. The predicted molar refractivity (Wildman–Crippen MR) is 125 cm³/mol. The lowest BCUT2D eigenvalue weighted by molar-refractivity contribution is -0.149. The lowest BCUT2D eigenvalue weighted by Gasteiger charge is -2.30. The van der Waals surface area contributed by atoms with Crippen LogP contribution in [0.2, 0.25) is 0 Å². The number of aryl methyl sites for hydroxylation is 2. The van der Waals surface area contributed by atoms with Crippen LogP contribution in [0.3, 0.4) is 0 Å². The van der Waals surface area contributed by atoms with Crippen LogP contribution in [0.4, 0.5) is 4.79 Å². The van der Waals surface area contributed by atoms with Gasteiger partial charge in [0.1, 0.15) is 5.76 Å². The van der Waals surface area contributed by atoms with Crippen molar-refractivity contribution >= 4 is 22.8 Å². The van der Waals surface area contributed by atoms with Gasteiger partial charge in [-0.2, -0.15) is 0 Å². The fourth-order valence-electron chi connectivity index (χ4n) is 4.15. The van der Waals surface area contributed by atoms with Crippen molar-refractivity contribution in [3.63, 3.8) is 0 Å². The molecule has 3 aromatic rings. The van der Waals surface area contributed by atoms with Crippen LogP contribution in [0.1, 0.15) is 37.6 Å². The van der Waals surface area contributed by atoms with E-state index >= 15 is 0 Å². The molecule has 0 N–H and O–H groups in total. The number of amides is 1. The van der Waals surface area contributed by atoms with E-state index in [0.29, 0.717) is 57.9 Å². The van der Waals surface area contributed by atoms with Gasteiger partial charge in [0.25, 0.3) is 0 Å². The molecule has 0 unspecified atom stereocenters. The minimum absolute atomic E-state index is 0.124. The number of piperidine rings is 1. The number of aromatic nitrogens is 1. The Morgan fingerprint density at radius 1 is 1.09 bits per heavy atom. The van der Waals surface area contributed by atoms with Gasteiger partial charge in [-0.15, -0.1) is 0 Å². The second kappa shape index (κ2) is 10.5. The average molecular weight is 451 g/mol. The molecule has 1 aliphatic rings. The fourth-order valence-corrected chi connectivity index (χ4v) is 4.15. The van der Waals surface area contributed by atoms with Crippen LogP contribution in [-0.4, -0.2) is 48.2 Å².